The van der Waals surface area contributed by atoms with E-state index >= 15 is 0 Å². The van der Waals surface area contributed by atoms with Crippen molar-refractivity contribution in [1.82, 2.24) is 20.4 Å². The van der Waals surface area contributed by atoms with Gasteiger partial charge < -0.3 is 20.4 Å². The number of nitrogens with one attached hydrogen (secondary N) is 2. The van der Waals surface area contributed by atoms with Crippen LogP contribution >= 0.6 is 0 Å². The van der Waals surface area contributed by atoms with Crippen molar-refractivity contribution in [3.05, 3.63) is 24.7 Å². The van der Waals surface area contributed by atoms with E-state index in [0.717, 1.165) is 63.3 Å². The van der Waals surface area contributed by atoms with Gasteiger partial charge in [0.15, 0.2) is 0 Å². The Hall–Kier alpha value is -1.65. The monoisotopic (exact) mass is 390 g/mol. The first-order valence-electron chi connectivity index (χ1n) is 11.2. The summed E-state index contributed by atoms with van der Waals surface area (Å²) in [6.07, 6.45) is 8.76. The van der Waals surface area contributed by atoms with Crippen molar-refractivity contribution in [2.45, 2.75) is 96.7 Å². The number of carbonyl (C=O) groups excluding carboxylic acids is 1. The van der Waals surface area contributed by atoms with Gasteiger partial charge in [0.1, 0.15) is 6.04 Å². The minimum Gasteiger partial charge on any atom is -0.368 e. The van der Waals surface area contributed by atoms with E-state index in [1.165, 1.54) is 19.3 Å². The average Bonchev–Trinajstić information content (AvgIpc) is 3.27. The van der Waals surface area contributed by atoms with Crippen LogP contribution in [0.25, 0.3) is 0 Å². The standard InChI is InChI=1S/C23H42N4O/c1-7-8-9-15-26(19(3)25-23(4,5)6)17-14-18(2)27-16-10-11-21(27)22(28)24-20-12-13-20/h20-21,25H,2-3,7-17H2,1,4-6H3,(H,24,28). The molecule has 5 nitrogen and oxygen atoms in total. The number of amides is 1. The van der Waals surface area contributed by atoms with Gasteiger partial charge in [0, 0.05) is 43.3 Å². The number of likely N-dealkylation sites (tertiary alicyclic amines) is 1. The molecule has 0 aromatic rings. The topological polar surface area (TPSA) is 47.6 Å². The molecule has 28 heavy (non-hydrogen) atoms. The Kier molecular flexibility index (Phi) is 8.26. The molecule has 1 atom stereocenters. The van der Waals surface area contributed by atoms with Crippen molar-refractivity contribution in [3.63, 3.8) is 0 Å². The molecule has 1 amide bonds. The molecular formula is C23H42N4O. The van der Waals surface area contributed by atoms with Gasteiger partial charge in [0.05, 0.1) is 5.82 Å². The Labute approximate surface area is 172 Å². The third kappa shape index (κ3) is 7.40. The number of rotatable bonds is 12. The highest BCUT2D eigenvalue weighted by Gasteiger charge is 2.34. The van der Waals surface area contributed by atoms with Gasteiger partial charge in [-0.2, -0.15) is 0 Å². The summed E-state index contributed by atoms with van der Waals surface area (Å²) in [7, 11) is 0. The van der Waals surface area contributed by atoms with Crippen LogP contribution in [0.2, 0.25) is 0 Å². The highest BCUT2D eigenvalue weighted by Crippen LogP contribution is 2.26. The highest BCUT2D eigenvalue weighted by atomic mass is 16.2. The van der Waals surface area contributed by atoms with Crippen LogP contribution in [0.5, 0.6) is 0 Å². The molecule has 1 aliphatic carbocycles. The van der Waals surface area contributed by atoms with Crippen LogP contribution in [0.3, 0.4) is 0 Å². The van der Waals surface area contributed by atoms with E-state index in [4.69, 9.17) is 0 Å². The number of hydrogen-bond donors (Lipinski definition) is 2. The van der Waals surface area contributed by atoms with Crippen LogP contribution in [-0.4, -0.2) is 53.0 Å². The lowest BCUT2D eigenvalue weighted by Gasteiger charge is -2.34. The predicted molar refractivity (Wildman–Crippen MR) is 118 cm³/mol. The van der Waals surface area contributed by atoms with Gasteiger partial charge in [0.2, 0.25) is 5.91 Å². The van der Waals surface area contributed by atoms with Crippen LogP contribution in [0, 0.1) is 0 Å². The predicted octanol–water partition coefficient (Wildman–Crippen LogP) is 3.98. The lowest BCUT2D eigenvalue weighted by atomic mass is 10.1. The molecule has 0 spiro atoms. The molecule has 1 heterocycles. The van der Waals surface area contributed by atoms with Gasteiger partial charge in [-0.1, -0.05) is 32.9 Å². The smallest absolute Gasteiger partial charge is 0.242 e. The lowest BCUT2D eigenvalue weighted by Crippen LogP contribution is -2.44. The second-order valence-corrected chi connectivity index (χ2v) is 9.47. The van der Waals surface area contributed by atoms with E-state index in [1.54, 1.807) is 0 Å². The molecule has 0 aromatic heterocycles. The summed E-state index contributed by atoms with van der Waals surface area (Å²) < 4.78 is 0. The average molecular weight is 391 g/mol. The number of unbranched alkanes of at least 4 members (excludes halogenated alkanes) is 2. The molecule has 0 radical (unpaired) electrons. The van der Waals surface area contributed by atoms with Crippen LogP contribution in [0.1, 0.15) is 79.1 Å². The van der Waals surface area contributed by atoms with Crippen LogP contribution in [0.4, 0.5) is 0 Å². The number of carbonyl (C=O) groups is 1. The highest BCUT2D eigenvalue weighted by molar-refractivity contribution is 5.82. The first-order valence-corrected chi connectivity index (χ1v) is 11.2. The van der Waals surface area contributed by atoms with Gasteiger partial charge in [-0.3, -0.25) is 4.79 Å². The second-order valence-electron chi connectivity index (χ2n) is 9.47. The Balaban J connectivity index is 1.89. The zero-order chi connectivity index (χ0) is 20.7. The molecule has 1 unspecified atom stereocenters. The molecule has 2 rings (SSSR count). The molecular weight excluding hydrogens is 348 g/mol. The Morgan fingerprint density at radius 1 is 1.14 bits per heavy atom. The third-order valence-corrected chi connectivity index (χ3v) is 5.49. The zero-order valence-corrected chi connectivity index (χ0v) is 18.6. The van der Waals surface area contributed by atoms with Crippen LogP contribution < -0.4 is 10.6 Å². The summed E-state index contributed by atoms with van der Waals surface area (Å²) in [5, 5.41) is 6.69. The normalized spacial score (nSPS) is 19.4. The van der Waals surface area contributed by atoms with E-state index in [-0.39, 0.29) is 17.5 Å². The summed E-state index contributed by atoms with van der Waals surface area (Å²) in [6.45, 7) is 20.2. The molecule has 1 aliphatic heterocycles. The molecule has 2 fully saturated rings. The zero-order valence-electron chi connectivity index (χ0n) is 18.6. The SMILES string of the molecule is C=C(NC(C)(C)C)N(CCCCC)CCC(=C)N1CCCC1C(=O)NC1CC1. The van der Waals surface area contributed by atoms with Gasteiger partial charge >= 0.3 is 0 Å². The fourth-order valence-electron chi connectivity index (χ4n) is 3.80. The minimum absolute atomic E-state index is 0.00194. The molecule has 1 saturated heterocycles. The maximum Gasteiger partial charge on any atom is 0.242 e. The maximum absolute atomic E-state index is 12.6. The summed E-state index contributed by atoms with van der Waals surface area (Å²) in [5.41, 5.74) is 1.08. The minimum atomic E-state index is -0.0301. The van der Waals surface area contributed by atoms with E-state index in [0.29, 0.717) is 6.04 Å². The van der Waals surface area contributed by atoms with E-state index < -0.39 is 0 Å². The van der Waals surface area contributed by atoms with Gasteiger partial charge in [0.25, 0.3) is 0 Å². The van der Waals surface area contributed by atoms with Gasteiger partial charge in [-0.25, -0.2) is 0 Å². The van der Waals surface area contributed by atoms with Crippen molar-refractivity contribution in [2.24, 2.45) is 0 Å². The molecule has 0 aromatic carbocycles. The Morgan fingerprint density at radius 3 is 2.46 bits per heavy atom. The summed E-state index contributed by atoms with van der Waals surface area (Å²) in [6, 6.07) is 0.390. The second kappa shape index (κ2) is 10.2. The van der Waals surface area contributed by atoms with Crippen LogP contribution in [0.15, 0.2) is 24.7 Å². The van der Waals surface area contributed by atoms with E-state index in [2.05, 4.69) is 61.3 Å². The van der Waals surface area contributed by atoms with Gasteiger partial charge in [-0.05, 0) is 52.9 Å². The van der Waals surface area contributed by atoms with Crippen molar-refractivity contribution in [3.8, 4) is 0 Å². The molecule has 160 valence electrons. The Bertz CT molecular complexity index is 547. The van der Waals surface area contributed by atoms with Crippen LogP contribution in [-0.2, 0) is 4.79 Å². The molecule has 2 aliphatic rings. The quantitative estimate of drug-likeness (QED) is 0.495. The fraction of sp³-hybridized carbons (Fsp3) is 0.783. The third-order valence-electron chi connectivity index (χ3n) is 5.49. The lowest BCUT2D eigenvalue weighted by molar-refractivity contribution is -0.125. The summed E-state index contributed by atoms with van der Waals surface area (Å²) >= 11 is 0. The van der Waals surface area contributed by atoms with Crippen molar-refractivity contribution in [2.75, 3.05) is 19.6 Å². The number of nitrogens with zero attached hydrogens (tertiary/aromatic N) is 2. The van der Waals surface area contributed by atoms with Gasteiger partial charge in [-0.15, -0.1) is 0 Å². The largest absolute Gasteiger partial charge is 0.368 e. The molecule has 5 heteroatoms. The van der Waals surface area contributed by atoms with Crippen molar-refractivity contribution in [1.29, 1.82) is 0 Å². The first-order chi connectivity index (χ1) is 13.2. The Morgan fingerprint density at radius 2 is 1.86 bits per heavy atom. The van der Waals surface area contributed by atoms with E-state index in [9.17, 15) is 4.79 Å². The summed E-state index contributed by atoms with van der Waals surface area (Å²) in [4.78, 5) is 17.1. The fourth-order valence-corrected chi connectivity index (χ4v) is 3.80. The van der Waals surface area contributed by atoms with E-state index in [1.807, 2.05) is 0 Å². The van der Waals surface area contributed by atoms with Crippen molar-refractivity contribution >= 4 is 5.91 Å². The molecule has 1 saturated carbocycles. The maximum atomic E-state index is 12.6. The molecule has 2 N–H and O–H groups in total. The number of hydrogen-bond acceptors (Lipinski definition) is 4. The first kappa shape index (κ1) is 22.6. The van der Waals surface area contributed by atoms with Crippen molar-refractivity contribution < 1.29 is 4.79 Å². The summed E-state index contributed by atoms with van der Waals surface area (Å²) in [5.74, 6) is 1.18. The molecule has 0 bridgehead atoms.